The molecule has 0 fully saturated rings. The van der Waals surface area contributed by atoms with Crippen LogP contribution >= 0.6 is 0 Å². The van der Waals surface area contributed by atoms with Crippen molar-refractivity contribution in [3.8, 4) is 0 Å². The second-order valence-corrected chi connectivity index (χ2v) is 5.90. The number of nitrogens with zero attached hydrogens (tertiary/aromatic N) is 2. The number of rotatable bonds is 1. The van der Waals surface area contributed by atoms with Crippen molar-refractivity contribution in [3.63, 3.8) is 0 Å². The Morgan fingerprint density at radius 1 is 0.905 bits per heavy atom. The molecular formula is C18H21N3. The summed E-state index contributed by atoms with van der Waals surface area (Å²) in [6.45, 7) is 3.20. The lowest BCUT2D eigenvalue weighted by molar-refractivity contribution is 0.797. The van der Waals surface area contributed by atoms with Crippen molar-refractivity contribution in [3.05, 3.63) is 48.0 Å². The summed E-state index contributed by atoms with van der Waals surface area (Å²) in [6.07, 6.45) is 2.40. The number of fused-ring (bicyclic) bond motifs is 2. The van der Waals surface area contributed by atoms with Crippen LogP contribution in [0.3, 0.4) is 0 Å². The zero-order valence-electron chi connectivity index (χ0n) is 12.5. The van der Waals surface area contributed by atoms with E-state index in [1.165, 1.54) is 41.2 Å². The van der Waals surface area contributed by atoms with Crippen molar-refractivity contribution in [2.75, 3.05) is 41.8 Å². The van der Waals surface area contributed by atoms with E-state index in [9.17, 15) is 0 Å². The fourth-order valence-electron chi connectivity index (χ4n) is 3.50. The van der Waals surface area contributed by atoms with E-state index in [2.05, 4.69) is 64.6 Å². The van der Waals surface area contributed by atoms with E-state index >= 15 is 0 Å². The van der Waals surface area contributed by atoms with Gasteiger partial charge < -0.3 is 15.1 Å². The Bertz CT molecular complexity index is 665. The van der Waals surface area contributed by atoms with E-state index in [4.69, 9.17) is 0 Å². The number of likely N-dealkylation sites (N-methyl/N-ethyl adjacent to an activating group) is 1. The average Bonchev–Trinajstić information content (AvgIpc) is 2.55. The molecule has 2 heterocycles. The molecule has 3 nitrogen and oxygen atoms in total. The summed E-state index contributed by atoms with van der Waals surface area (Å²) in [5.74, 6) is 0. The predicted molar refractivity (Wildman–Crippen MR) is 90.0 cm³/mol. The number of nitrogens with one attached hydrogen (secondary N) is 1. The Morgan fingerprint density at radius 3 is 2.62 bits per heavy atom. The van der Waals surface area contributed by atoms with Crippen molar-refractivity contribution in [2.24, 2.45) is 0 Å². The van der Waals surface area contributed by atoms with Crippen LogP contribution in [0.2, 0.25) is 0 Å². The lowest BCUT2D eigenvalue weighted by Crippen LogP contribution is -2.37. The number of anilines is 4. The Kier molecular flexibility index (Phi) is 2.99. The van der Waals surface area contributed by atoms with E-state index in [1.807, 2.05) is 0 Å². The molecule has 0 aliphatic carbocycles. The van der Waals surface area contributed by atoms with Crippen molar-refractivity contribution in [1.29, 1.82) is 0 Å². The number of hydrogen-bond acceptors (Lipinski definition) is 3. The SMILES string of the molecule is CN1CCN(c2cccc3c2CCCN3)c2ccccc21. The molecule has 2 aliphatic rings. The normalized spacial score (nSPS) is 17.0. The molecular weight excluding hydrogens is 258 g/mol. The second-order valence-electron chi connectivity index (χ2n) is 5.90. The van der Waals surface area contributed by atoms with Gasteiger partial charge in [0.1, 0.15) is 0 Å². The van der Waals surface area contributed by atoms with Crippen LogP contribution in [0.25, 0.3) is 0 Å². The van der Waals surface area contributed by atoms with E-state index in [0.717, 1.165) is 19.6 Å². The third kappa shape index (κ3) is 2.04. The molecule has 21 heavy (non-hydrogen) atoms. The molecule has 0 atom stereocenters. The molecule has 0 aromatic heterocycles. The zero-order chi connectivity index (χ0) is 14.2. The lowest BCUT2D eigenvalue weighted by atomic mass is 9.99. The second kappa shape index (κ2) is 4.99. The molecule has 1 N–H and O–H groups in total. The van der Waals surface area contributed by atoms with E-state index in [0.29, 0.717) is 0 Å². The highest BCUT2D eigenvalue weighted by molar-refractivity contribution is 5.82. The van der Waals surface area contributed by atoms with Crippen molar-refractivity contribution in [1.82, 2.24) is 0 Å². The number of hydrogen-bond donors (Lipinski definition) is 1. The van der Waals surface area contributed by atoms with Crippen LogP contribution in [0.15, 0.2) is 42.5 Å². The molecule has 2 aromatic rings. The topological polar surface area (TPSA) is 18.5 Å². The van der Waals surface area contributed by atoms with Crippen LogP contribution < -0.4 is 15.1 Å². The first-order valence-corrected chi connectivity index (χ1v) is 7.78. The minimum atomic E-state index is 1.05. The number of benzene rings is 2. The van der Waals surface area contributed by atoms with Gasteiger partial charge in [0.15, 0.2) is 0 Å². The first-order chi connectivity index (χ1) is 10.3. The first kappa shape index (κ1) is 12.6. The summed E-state index contributed by atoms with van der Waals surface area (Å²) >= 11 is 0. The average molecular weight is 279 g/mol. The largest absolute Gasteiger partial charge is 0.385 e. The number of para-hydroxylation sites is 2. The van der Waals surface area contributed by atoms with Crippen LogP contribution in [0, 0.1) is 0 Å². The summed E-state index contributed by atoms with van der Waals surface area (Å²) in [4.78, 5) is 4.83. The van der Waals surface area contributed by atoms with E-state index in [1.54, 1.807) is 0 Å². The maximum atomic E-state index is 3.54. The van der Waals surface area contributed by atoms with Crippen molar-refractivity contribution < 1.29 is 0 Å². The van der Waals surface area contributed by atoms with Gasteiger partial charge in [-0.1, -0.05) is 18.2 Å². The van der Waals surface area contributed by atoms with Crippen LogP contribution in [0.5, 0.6) is 0 Å². The Balaban J connectivity index is 1.83. The van der Waals surface area contributed by atoms with Gasteiger partial charge in [0, 0.05) is 38.1 Å². The molecule has 2 aliphatic heterocycles. The third-order valence-electron chi connectivity index (χ3n) is 4.60. The summed E-state index contributed by atoms with van der Waals surface area (Å²) < 4.78 is 0. The maximum absolute atomic E-state index is 3.54. The van der Waals surface area contributed by atoms with Gasteiger partial charge in [-0.3, -0.25) is 0 Å². The summed E-state index contributed by atoms with van der Waals surface area (Å²) in [5, 5.41) is 3.54. The van der Waals surface area contributed by atoms with Crippen LogP contribution in [0.4, 0.5) is 22.7 Å². The van der Waals surface area contributed by atoms with Crippen LogP contribution in [-0.2, 0) is 6.42 Å². The Hall–Kier alpha value is -2.16. The molecule has 0 unspecified atom stereocenters. The summed E-state index contributed by atoms with van der Waals surface area (Å²) in [5.41, 5.74) is 6.81. The van der Waals surface area contributed by atoms with Gasteiger partial charge in [-0.2, -0.15) is 0 Å². The van der Waals surface area contributed by atoms with E-state index < -0.39 is 0 Å². The molecule has 4 rings (SSSR count). The third-order valence-corrected chi connectivity index (χ3v) is 4.60. The van der Waals surface area contributed by atoms with Gasteiger partial charge in [-0.15, -0.1) is 0 Å². The quantitative estimate of drug-likeness (QED) is 0.860. The van der Waals surface area contributed by atoms with Crippen LogP contribution in [0.1, 0.15) is 12.0 Å². The monoisotopic (exact) mass is 279 g/mol. The summed E-state index contributed by atoms with van der Waals surface area (Å²) in [6, 6.07) is 15.4. The van der Waals surface area contributed by atoms with Crippen LogP contribution in [-0.4, -0.2) is 26.7 Å². The predicted octanol–water partition coefficient (Wildman–Crippen LogP) is 3.63. The highest BCUT2D eigenvalue weighted by atomic mass is 15.3. The van der Waals surface area contributed by atoms with Gasteiger partial charge in [0.25, 0.3) is 0 Å². The molecule has 0 amide bonds. The van der Waals surface area contributed by atoms with Crippen molar-refractivity contribution >= 4 is 22.7 Å². The zero-order valence-corrected chi connectivity index (χ0v) is 12.5. The molecule has 0 saturated carbocycles. The molecule has 3 heteroatoms. The minimum Gasteiger partial charge on any atom is -0.385 e. The standard InChI is InChI=1S/C18H21N3/c1-20-12-13-21(18-9-3-2-8-17(18)20)16-10-4-7-15-14(16)6-5-11-19-15/h2-4,7-10,19H,5-6,11-13H2,1H3. The molecule has 0 radical (unpaired) electrons. The van der Waals surface area contributed by atoms with Gasteiger partial charge >= 0.3 is 0 Å². The lowest BCUT2D eigenvalue weighted by Gasteiger charge is -2.38. The highest BCUT2D eigenvalue weighted by Crippen LogP contribution is 2.40. The van der Waals surface area contributed by atoms with Gasteiger partial charge in [0.05, 0.1) is 11.4 Å². The van der Waals surface area contributed by atoms with Gasteiger partial charge in [0.2, 0.25) is 0 Å². The first-order valence-electron chi connectivity index (χ1n) is 7.78. The molecule has 2 aromatic carbocycles. The van der Waals surface area contributed by atoms with Gasteiger partial charge in [-0.25, -0.2) is 0 Å². The molecule has 0 spiro atoms. The van der Waals surface area contributed by atoms with E-state index in [-0.39, 0.29) is 0 Å². The Labute approximate surface area is 126 Å². The molecule has 108 valence electrons. The fraction of sp³-hybridized carbons (Fsp3) is 0.333. The molecule has 0 bridgehead atoms. The molecule has 0 saturated heterocycles. The minimum absolute atomic E-state index is 1.05. The Morgan fingerprint density at radius 2 is 1.71 bits per heavy atom. The fourth-order valence-corrected chi connectivity index (χ4v) is 3.50. The van der Waals surface area contributed by atoms with Gasteiger partial charge in [-0.05, 0) is 42.7 Å². The smallest absolute Gasteiger partial charge is 0.0649 e. The highest BCUT2D eigenvalue weighted by Gasteiger charge is 2.24. The maximum Gasteiger partial charge on any atom is 0.0649 e. The summed E-state index contributed by atoms with van der Waals surface area (Å²) in [7, 11) is 2.18. The van der Waals surface area contributed by atoms with Crippen molar-refractivity contribution in [2.45, 2.75) is 12.8 Å².